The highest BCUT2D eigenvalue weighted by Gasteiger charge is 2.17. The summed E-state index contributed by atoms with van der Waals surface area (Å²) in [6, 6.07) is -0.0764. The summed E-state index contributed by atoms with van der Waals surface area (Å²) in [7, 11) is 1.62. The van der Waals surface area contributed by atoms with Crippen molar-refractivity contribution in [1.82, 2.24) is 0 Å². The van der Waals surface area contributed by atoms with Gasteiger partial charge in [-0.05, 0) is 34.6 Å². The van der Waals surface area contributed by atoms with Crippen molar-refractivity contribution in [3.63, 3.8) is 0 Å². The molecule has 0 amide bonds. The van der Waals surface area contributed by atoms with E-state index in [1.807, 2.05) is 34.6 Å². The van der Waals surface area contributed by atoms with Crippen molar-refractivity contribution in [2.24, 2.45) is 4.99 Å². The lowest BCUT2D eigenvalue weighted by Gasteiger charge is -2.20. The summed E-state index contributed by atoms with van der Waals surface area (Å²) in [5.74, 6) is -0.220. The van der Waals surface area contributed by atoms with Crippen molar-refractivity contribution in [1.29, 1.82) is 0 Å². The summed E-state index contributed by atoms with van der Waals surface area (Å²) in [6.45, 7) is 9.33. The molecule has 0 spiro atoms. The SMILES string of the molecule is COC(C)C=NC(C)CC(=O)OC(C)(C)C. The molecule has 4 heteroatoms. The molecule has 0 bridgehead atoms. The van der Waals surface area contributed by atoms with Gasteiger partial charge >= 0.3 is 5.97 Å². The number of aliphatic imine (C=N–C) groups is 1. The van der Waals surface area contributed by atoms with Gasteiger partial charge in [0.1, 0.15) is 5.60 Å². The predicted molar refractivity (Wildman–Crippen MR) is 64.9 cm³/mol. The Labute approximate surface area is 98.0 Å². The first kappa shape index (κ1) is 15.1. The minimum absolute atomic E-state index is 0.0268. The van der Waals surface area contributed by atoms with Crippen molar-refractivity contribution in [2.75, 3.05) is 7.11 Å². The van der Waals surface area contributed by atoms with Gasteiger partial charge in [-0.15, -0.1) is 0 Å². The lowest BCUT2D eigenvalue weighted by Crippen LogP contribution is -2.25. The smallest absolute Gasteiger partial charge is 0.308 e. The van der Waals surface area contributed by atoms with Gasteiger partial charge in [0.05, 0.1) is 18.6 Å². The summed E-state index contributed by atoms with van der Waals surface area (Å²) in [5.41, 5.74) is -0.430. The number of esters is 1. The molecule has 2 atom stereocenters. The molecule has 2 unspecified atom stereocenters. The molecule has 0 saturated carbocycles. The summed E-state index contributed by atoms with van der Waals surface area (Å²) >= 11 is 0. The van der Waals surface area contributed by atoms with Crippen LogP contribution in [0.1, 0.15) is 41.0 Å². The highest BCUT2D eigenvalue weighted by molar-refractivity contribution is 5.71. The summed E-state index contributed by atoms with van der Waals surface area (Å²) in [6.07, 6.45) is 1.97. The maximum atomic E-state index is 11.5. The number of nitrogens with zero attached hydrogens (tertiary/aromatic N) is 1. The van der Waals surface area contributed by atoms with Crippen LogP contribution >= 0.6 is 0 Å². The minimum Gasteiger partial charge on any atom is -0.460 e. The monoisotopic (exact) mass is 229 g/mol. The van der Waals surface area contributed by atoms with Crippen LogP contribution in [0.15, 0.2) is 4.99 Å². The standard InChI is InChI=1S/C12H23NO3/c1-9(13-8-10(2)15-6)7-11(14)16-12(3,4)5/h8-10H,7H2,1-6H3. The van der Waals surface area contributed by atoms with Crippen LogP contribution in [0.2, 0.25) is 0 Å². The third-order valence-electron chi connectivity index (χ3n) is 1.80. The van der Waals surface area contributed by atoms with E-state index >= 15 is 0 Å². The minimum atomic E-state index is -0.430. The first-order valence-corrected chi connectivity index (χ1v) is 5.52. The Morgan fingerprint density at radius 1 is 1.38 bits per heavy atom. The van der Waals surface area contributed by atoms with Crippen molar-refractivity contribution in [3.8, 4) is 0 Å². The average Bonchev–Trinajstić information content (AvgIpc) is 2.10. The zero-order valence-electron chi connectivity index (χ0n) is 11.1. The predicted octanol–water partition coefficient (Wildman–Crippen LogP) is 2.21. The summed E-state index contributed by atoms with van der Waals surface area (Å²) < 4.78 is 10.2. The van der Waals surface area contributed by atoms with E-state index in [1.54, 1.807) is 13.3 Å². The van der Waals surface area contributed by atoms with Gasteiger partial charge in [-0.1, -0.05) is 0 Å². The molecule has 0 aromatic carbocycles. The van der Waals surface area contributed by atoms with Gasteiger partial charge in [-0.3, -0.25) is 9.79 Å². The molecule has 4 nitrogen and oxygen atoms in total. The Morgan fingerprint density at radius 3 is 2.38 bits per heavy atom. The van der Waals surface area contributed by atoms with Crippen LogP contribution in [0.25, 0.3) is 0 Å². The van der Waals surface area contributed by atoms with E-state index in [0.29, 0.717) is 6.42 Å². The second-order valence-electron chi connectivity index (χ2n) is 4.88. The number of carbonyl (C=O) groups excluding carboxylic acids is 1. The van der Waals surface area contributed by atoms with Crippen molar-refractivity contribution in [2.45, 2.75) is 58.8 Å². The van der Waals surface area contributed by atoms with Crippen LogP contribution in [0, 0.1) is 0 Å². The van der Waals surface area contributed by atoms with Crippen LogP contribution < -0.4 is 0 Å². The third kappa shape index (κ3) is 8.41. The number of rotatable bonds is 5. The van der Waals surface area contributed by atoms with Gasteiger partial charge in [-0.25, -0.2) is 0 Å². The molecule has 0 radical (unpaired) electrons. The van der Waals surface area contributed by atoms with Crippen LogP contribution in [0.3, 0.4) is 0 Å². The Kier molecular flexibility index (Phi) is 6.26. The molecule has 0 rings (SSSR count). The molecular weight excluding hydrogens is 206 g/mol. The first-order valence-electron chi connectivity index (χ1n) is 5.52. The molecule has 0 aliphatic carbocycles. The molecule has 0 N–H and O–H groups in total. The lowest BCUT2D eigenvalue weighted by molar-refractivity contribution is -0.155. The van der Waals surface area contributed by atoms with Gasteiger partial charge < -0.3 is 9.47 Å². The van der Waals surface area contributed by atoms with E-state index in [0.717, 1.165) is 0 Å². The number of hydrogen-bond acceptors (Lipinski definition) is 4. The molecule has 16 heavy (non-hydrogen) atoms. The first-order chi connectivity index (χ1) is 7.24. The Hall–Kier alpha value is -0.900. The molecule has 0 aromatic rings. The molecule has 0 fully saturated rings. The number of ether oxygens (including phenoxy) is 2. The van der Waals surface area contributed by atoms with Gasteiger partial charge in [0.2, 0.25) is 0 Å². The average molecular weight is 229 g/mol. The fourth-order valence-corrected chi connectivity index (χ4v) is 1.01. The van der Waals surface area contributed by atoms with Crippen molar-refractivity contribution in [3.05, 3.63) is 0 Å². The summed E-state index contributed by atoms with van der Waals surface area (Å²) in [4.78, 5) is 15.7. The van der Waals surface area contributed by atoms with Crippen LogP contribution in [-0.4, -0.2) is 37.0 Å². The second-order valence-corrected chi connectivity index (χ2v) is 4.88. The van der Waals surface area contributed by atoms with E-state index < -0.39 is 5.60 Å². The van der Waals surface area contributed by atoms with Crippen molar-refractivity contribution >= 4 is 12.2 Å². The molecule has 0 heterocycles. The molecule has 94 valence electrons. The topological polar surface area (TPSA) is 47.9 Å². The van der Waals surface area contributed by atoms with E-state index in [-0.39, 0.29) is 18.1 Å². The number of carbonyl (C=O) groups is 1. The van der Waals surface area contributed by atoms with Gasteiger partial charge in [-0.2, -0.15) is 0 Å². The molecular formula is C12H23NO3. The van der Waals surface area contributed by atoms with Gasteiger partial charge in [0, 0.05) is 13.3 Å². The molecule has 0 aliphatic heterocycles. The highest BCUT2D eigenvalue weighted by Crippen LogP contribution is 2.10. The fraction of sp³-hybridized carbons (Fsp3) is 0.833. The maximum Gasteiger partial charge on any atom is 0.308 e. The van der Waals surface area contributed by atoms with E-state index in [1.165, 1.54) is 0 Å². The zero-order chi connectivity index (χ0) is 12.8. The Morgan fingerprint density at radius 2 is 1.94 bits per heavy atom. The lowest BCUT2D eigenvalue weighted by atomic mass is 10.2. The fourth-order valence-electron chi connectivity index (χ4n) is 1.01. The Balaban J connectivity index is 4.01. The van der Waals surface area contributed by atoms with Crippen LogP contribution in [0.4, 0.5) is 0 Å². The van der Waals surface area contributed by atoms with Crippen LogP contribution in [0.5, 0.6) is 0 Å². The van der Waals surface area contributed by atoms with Crippen LogP contribution in [-0.2, 0) is 14.3 Å². The van der Waals surface area contributed by atoms with E-state index in [4.69, 9.17) is 9.47 Å². The van der Waals surface area contributed by atoms with Gasteiger partial charge in [0.25, 0.3) is 0 Å². The largest absolute Gasteiger partial charge is 0.460 e. The van der Waals surface area contributed by atoms with Crippen molar-refractivity contribution < 1.29 is 14.3 Å². The van der Waals surface area contributed by atoms with Gasteiger partial charge in [0.15, 0.2) is 0 Å². The number of methoxy groups -OCH3 is 1. The maximum absolute atomic E-state index is 11.5. The van der Waals surface area contributed by atoms with E-state index in [2.05, 4.69) is 4.99 Å². The second kappa shape index (κ2) is 6.63. The third-order valence-corrected chi connectivity index (χ3v) is 1.80. The quantitative estimate of drug-likeness (QED) is 0.536. The highest BCUT2D eigenvalue weighted by atomic mass is 16.6. The number of hydrogen-bond donors (Lipinski definition) is 0. The molecule has 0 aliphatic rings. The molecule has 0 saturated heterocycles. The zero-order valence-corrected chi connectivity index (χ0v) is 11.1. The van der Waals surface area contributed by atoms with E-state index in [9.17, 15) is 4.79 Å². The normalized spacial score (nSPS) is 16.1. The molecule has 0 aromatic heterocycles. The summed E-state index contributed by atoms with van der Waals surface area (Å²) in [5, 5.41) is 0. The Bertz CT molecular complexity index is 243.